The second-order valence-electron chi connectivity index (χ2n) is 4.56. The first kappa shape index (κ1) is 13.3. The average Bonchev–Trinajstić information content (AvgIpc) is 2.87. The van der Waals surface area contributed by atoms with E-state index in [1.54, 1.807) is 0 Å². The van der Waals surface area contributed by atoms with Crippen LogP contribution in [0.25, 0.3) is 0 Å². The lowest BCUT2D eigenvalue weighted by atomic mass is 10.2. The third kappa shape index (κ3) is 3.67. The van der Waals surface area contributed by atoms with Crippen LogP contribution in [0.4, 0.5) is 4.79 Å². The molecular weight excluding hydrogens is 244 g/mol. The minimum Gasteiger partial charge on any atom is -0.338 e. The maximum absolute atomic E-state index is 11.7. The Bertz CT molecular complexity index is 383. The summed E-state index contributed by atoms with van der Waals surface area (Å²) in [7, 11) is 0. The monoisotopic (exact) mass is 264 g/mol. The lowest BCUT2D eigenvalue weighted by Gasteiger charge is -2.16. The number of hydrogen-bond acceptors (Lipinski definition) is 2. The molecule has 18 heavy (non-hydrogen) atoms. The van der Waals surface area contributed by atoms with Crippen LogP contribution >= 0.6 is 11.8 Å². The van der Waals surface area contributed by atoms with Crippen molar-refractivity contribution >= 4 is 17.8 Å². The summed E-state index contributed by atoms with van der Waals surface area (Å²) in [6.07, 6.45) is 1.12. The zero-order valence-corrected chi connectivity index (χ0v) is 11.6. The first-order valence-corrected chi connectivity index (χ1v) is 7.48. The minimum atomic E-state index is 0.0877. The molecule has 1 unspecified atom stereocenters. The lowest BCUT2D eigenvalue weighted by Crippen LogP contribution is -2.38. The Morgan fingerprint density at radius 3 is 2.94 bits per heavy atom. The number of nitrogens with zero attached hydrogens (tertiary/aromatic N) is 1. The Labute approximate surface area is 113 Å². The highest BCUT2D eigenvalue weighted by atomic mass is 32.2. The number of benzene rings is 1. The van der Waals surface area contributed by atoms with Gasteiger partial charge >= 0.3 is 6.03 Å². The van der Waals surface area contributed by atoms with Gasteiger partial charge in [-0.3, -0.25) is 0 Å². The molecule has 1 aliphatic rings. The van der Waals surface area contributed by atoms with Crippen molar-refractivity contribution in [2.45, 2.75) is 18.2 Å². The number of urea groups is 1. The summed E-state index contributed by atoms with van der Waals surface area (Å²) in [6, 6.07) is 10.5. The van der Waals surface area contributed by atoms with Crippen molar-refractivity contribution in [1.82, 2.24) is 10.2 Å². The van der Waals surface area contributed by atoms with Gasteiger partial charge in [0.05, 0.1) is 0 Å². The predicted octanol–water partition coefficient (Wildman–Crippen LogP) is 2.83. The summed E-state index contributed by atoms with van der Waals surface area (Å²) in [5.74, 6) is 1.72. The Morgan fingerprint density at radius 1 is 1.44 bits per heavy atom. The second kappa shape index (κ2) is 6.69. The fourth-order valence-electron chi connectivity index (χ4n) is 2.15. The number of carbonyl (C=O) groups is 1. The Kier molecular flexibility index (Phi) is 4.93. The molecule has 1 N–H and O–H groups in total. The van der Waals surface area contributed by atoms with Crippen LogP contribution < -0.4 is 5.32 Å². The van der Waals surface area contributed by atoms with Gasteiger partial charge in [0.2, 0.25) is 0 Å². The number of nitrogens with one attached hydrogen (secondary N) is 1. The van der Waals surface area contributed by atoms with Gasteiger partial charge in [-0.2, -0.15) is 0 Å². The van der Waals surface area contributed by atoms with Gasteiger partial charge in [0.15, 0.2) is 0 Å². The van der Waals surface area contributed by atoms with E-state index in [4.69, 9.17) is 0 Å². The fourth-order valence-corrected chi connectivity index (χ4v) is 3.20. The van der Waals surface area contributed by atoms with Gasteiger partial charge in [-0.25, -0.2) is 4.79 Å². The van der Waals surface area contributed by atoms with Crippen molar-refractivity contribution in [2.24, 2.45) is 5.92 Å². The van der Waals surface area contributed by atoms with Crippen LogP contribution in [-0.2, 0) is 0 Å². The molecule has 1 fully saturated rings. The molecule has 1 aliphatic heterocycles. The van der Waals surface area contributed by atoms with Crippen LogP contribution in [0, 0.1) is 5.92 Å². The van der Waals surface area contributed by atoms with Crippen molar-refractivity contribution in [2.75, 3.05) is 25.4 Å². The van der Waals surface area contributed by atoms with E-state index in [1.165, 1.54) is 4.90 Å². The van der Waals surface area contributed by atoms with E-state index in [1.807, 2.05) is 29.7 Å². The topological polar surface area (TPSA) is 32.3 Å². The Morgan fingerprint density at radius 2 is 2.22 bits per heavy atom. The zero-order chi connectivity index (χ0) is 12.8. The van der Waals surface area contributed by atoms with Gasteiger partial charge < -0.3 is 10.2 Å². The van der Waals surface area contributed by atoms with Crippen molar-refractivity contribution in [3.05, 3.63) is 30.3 Å². The fraction of sp³-hybridized carbons (Fsp3) is 0.500. The van der Waals surface area contributed by atoms with E-state index in [-0.39, 0.29) is 6.03 Å². The normalized spacial score (nSPS) is 18.9. The third-order valence-corrected chi connectivity index (χ3v) is 4.37. The molecule has 0 saturated carbocycles. The van der Waals surface area contributed by atoms with Gasteiger partial charge in [-0.1, -0.05) is 18.2 Å². The summed E-state index contributed by atoms with van der Waals surface area (Å²) < 4.78 is 0. The molecule has 0 aromatic heterocycles. The summed E-state index contributed by atoms with van der Waals surface area (Å²) in [6.45, 7) is 4.45. The van der Waals surface area contributed by atoms with Crippen LogP contribution in [-0.4, -0.2) is 36.3 Å². The summed E-state index contributed by atoms with van der Waals surface area (Å²) >= 11 is 1.89. The summed E-state index contributed by atoms with van der Waals surface area (Å²) in [5, 5.41) is 2.86. The molecule has 1 heterocycles. The molecule has 1 aromatic carbocycles. The van der Waals surface area contributed by atoms with Gasteiger partial charge in [-0.15, -0.1) is 11.8 Å². The smallest absolute Gasteiger partial charge is 0.317 e. The highest BCUT2D eigenvalue weighted by Gasteiger charge is 2.25. The highest BCUT2D eigenvalue weighted by Crippen LogP contribution is 2.25. The van der Waals surface area contributed by atoms with Crippen molar-refractivity contribution < 1.29 is 4.79 Å². The third-order valence-electron chi connectivity index (χ3n) is 3.13. The molecule has 1 saturated heterocycles. The van der Waals surface area contributed by atoms with Crippen LogP contribution in [0.2, 0.25) is 0 Å². The molecule has 1 aromatic rings. The predicted molar refractivity (Wildman–Crippen MR) is 75.9 cm³/mol. The molecule has 2 amide bonds. The number of likely N-dealkylation sites (tertiary alicyclic amines) is 1. The zero-order valence-electron chi connectivity index (χ0n) is 10.8. The molecule has 0 bridgehead atoms. The van der Waals surface area contributed by atoms with E-state index in [0.717, 1.165) is 25.3 Å². The maximum atomic E-state index is 11.7. The molecular formula is C14H20N2OS. The molecule has 4 heteroatoms. The second-order valence-corrected chi connectivity index (χ2v) is 5.65. The average molecular weight is 264 g/mol. The lowest BCUT2D eigenvalue weighted by molar-refractivity contribution is 0.208. The molecule has 0 aliphatic carbocycles. The Hall–Kier alpha value is -1.16. The van der Waals surface area contributed by atoms with Crippen molar-refractivity contribution in [1.29, 1.82) is 0 Å². The van der Waals surface area contributed by atoms with E-state index in [2.05, 4.69) is 29.6 Å². The van der Waals surface area contributed by atoms with E-state index < -0.39 is 0 Å². The Balaban J connectivity index is 1.74. The quantitative estimate of drug-likeness (QED) is 0.848. The standard InChI is InChI=1S/C14H20N2OS/c1-2-15-14(17)16-9-8-12(10-16)11-18-13-6-4-3-5-7-13/h3-7,12H,2,8-11H2,1H3,(H,15,17). The maximum Gasteiger partial charge on any atom is 0.317 e. The van der Waals surface area contributed by atoms with Gasteiger partial charge in [0.1, 0.15) is 0 Å². The minimum absolute atomic E-state index is 0.0877. The number of hydrogen-bond donors (Lipinski definition) is 1. The SMILES string of the molecule is CCNC(=O)N1CCC(CSc2ccccc2)C1. The number of rotatable bonds is 4. The molecule has 0 radical (unpaired) electrons. The molecule has 1 atom stereocenters. The van der Waals surface area contributed by atoms with Crippen LogP contribution in [0.3, 0.4) is 0 Å². The molecule has 98 valence electrons. The number of amides is 2. The van der Waals surface area contributed by atoms with E-state index in [9.17, 15) is 4.79 Å². The summed E-state index contributed by atoms with van der Waals surface area (Å²) in [5.41, 5.74) is 0. The van der Waals surface area contributed by atoms with E-state index >= 15 is 0 Å². The molecule has 2 rings (SSSR count). The first-order chi connectivity index (χ1) is 8.79. The van der Waals surface area contributed by atoms with Gasteiger partial charge in [0, 0.05) is 30.3 Å². The van der Waals surface area contributed by atoms with Crippen molar-refractivity contribution in [3.63, 3.8) is 0 Å². The van der Waals surface area contributed by atoms with Crippen LogP contribution in [0.5, 0.6) is 0 Å². The first-order valence-electron chi connectivity index (χ1n) is 6.50. The molecule has 3 nitrogen and oxygen atoms in total. The largest absolute Gasteiger partial charge is 0.338 e. The van der Waals surface area contributed by atoms with Gasteiger partial charge in [0.25, 0.3) is 0 Å². The number of carbonyl (C=O) groups excluding carboxylic acids is 1. The highest BCUT2D eigenvalue weighted by molar-refractivity contribution is 7.99. The van der Waals surface area contributed by atoms with E-state index in [0.29, 0.717) is 12.5 Å². The van der Waals surface area contributed by atoms with Crippen molar-refractivity contribution in [3.8, 4) is 0 Å². The van der Waals surface area contributed by atoms with Gasteiger partial charge in [-0.05, 0) is 31.4 Å². The van der Waals surface area contributed by atoms with Crippen LogP contribution in [0.1, 0.15) is 13.3 Å². The number of thioether (sulfide) groups is 1. The summed E-state index contributed by atoms with van der Waals surface area (Å²) in [4.78, 5) is 14.9. The molecule has 0 spiro atoms. The van der Waals surface area contributed by atoms with Crippen LogP contribution in [0.15, 0.2) is 35.2 Å².